The topological polar surface area (TPSA) is 3.24 Å². The van der Waals surface area contributed by atoms with Crippen LogP contribution in [0.3, 0.4) is 0 Å². The second-order valence-electron chi connectivity index (χ2n) is 7.54. The van der Waals surface area contributed by atoms with Gasteiger partial charge in [0.1, 0.15) is 0 Å². The smallest absolute Gasteiger partial charge is 0.0590 e. The number of hydrogen-bond donors (Lipinski definition) is 0. The van der Waals surface area contributed by atoms with Crippen LogP contribution in [0, 0.1) is 41.4 Å². The predicted molar refractivity (Wildman–Crippen MR) is 68.4 cm³/mol. The van der Waals surface area contributed by atoms with Crippen molar-refractivity contribution in [3.63, 3.8) is 0 Å². The van der Waals surface area contributed by atoms with Crippen molar-refractivity contribution >= 4 is 23.6 Å². The van der Waals surface area contributed by atoms with Crippen molar-refractivity contribution in [1.82, 2.24) is 3.94 Å². The zero-order valence-corrected chi connectivity index (χ0v) is 11.5. The van der Waals surface area contributed by atoms with Gasteiger partial charge in [-0.25, -0.2) is 0 Å². The molecular weight excluding hydrogens is 253 g/mol. The van der Waals surface area contributed by atoms with Gasteiger partial charge in [-0.2, -0.15) is 0 Å². The van der Waals surface area contributed by atoms with E-state index in [-0.39, 0.29) is 5.54 Å². The van der Waals surface area contributed by atoms with Crippen LogP contribution in [-0.2, 0) is 0 Å². The molecule has 4 atom stereocenters. The summed E-state index contributed by atoms with van der Waals surface area (Å²) >= 11 is 12.7. The van der Waals surface area contributed by atoms with Crippen LogP contribution in [-0.4, -0.2) is 9.48 Å². The first kappa shape index (κ1) is 10.3. The van der Waals surface area contributed by atoms with Gasteiger partial charge in [0.15, 0.2) is 0 Å². The summed E-state index contributed by atoms with van der Waals surface area (Å²) in [6.07, 6.45) is 8.67. The highest BCUT2D eigenvalue weighted by Crippen LogP contribution is 2.74. The van der Waals surface area contributed by atoms with E-state index in [9.17, 15) is 0 Å². The summed E-state index contributed by atoms with van der Waals surface area (Å²) in [5, 5.41) is 0. The van der Waals surface area contributed by atoms with E-state index in [2.05, 4.69) is 0 Å². The van der Waals surface area contributed by atoms with Crippen molar-refractivity contribution in [3.05, 3.63) is 0 Å². The second-order valence-corrected chi connectivity index (χ2v) is 8.39. The SMILES string of the molecule is ClN(Cl)C12CC3CC4C5CC(CC41)CC2C5C3. The second kappa shape index (κ2) is 2.99. The molecule has 7 aliphatic carbocycles. The molecule has 7 aliphatic rings. The maximum Gasteiger partial charge on any atom is 0.0590 e. The van der Waals surface area contributed by atoms with Gasteiger partial charge in [-0.3, -0.25) is 0 Å². The molecule has 17 heavy (non-hydrogen) atoms. The molecular formula is C14H19Cl2N. The normalized spacial score (nSPS) is 66.2. The van der Waals surface area contributed by atoms with Gasteiger partial charge in [-0.1, -0.05) is 0 Å². The molecule has 4 unspecified atom stereocenters. The number of nitrogens with zero attached hydrogens (tertiary/aromatic N) is 1. The first-order valence-electron chi connectivity index (χ1n) is 7.32. The average Bonchev–Trinajstić information content (AvgIpc) is 2.34. The molecule has 0 aromatic carbocycles. The van der Waals surface area contributed by atoms with Crippen LogP contribution >= 0.6 is 23.6 Å². The summed E-state index contributed by atoms with van der Waals surface area (Å²) in [6.45, 7) is 0. The van der Waals surface area contributed by atoms with E-state index in [4.69, 9.17) is 23.6 Å². The van der Waals surface area contributed by atoms with Gasteiger partial charge in [0.25, 0.3) is 0 Å². The van der Waals surface area contributed by atoms with Crippen molar-refractivity contribution in [2.24, 2.45) is 41.4 Å². The van der Waals surface area contributed by atoms with E-state index < -0.39 is 0 Å². The summed E-state index contributed by atoms with van der Waals surface area (Å²) in [5.41, 5.74) is 0.188. The van der Waals surface area contributed by atoms with E-state index in [1.807, 2.05) is 0 Å². The standard InChI is InChI=1S/C14H19Cl2N/c15-17(16)14-6-8-2-10-9-1-7(4-12(10)14)5-13(14)11(9)3-8/h7-13H,1-6H2. The Morgan fingerprint density at radius 2 is 1.35 bits per heavy atom. The Bertz CT molecular complexity index is 358. The molecule has 1 nitrogen and oxygen atoms in total. The summed E-state index contributed by atoms with van der Waals surface area (Å²) in [6, 6.07) is 0. The van der Waals surface area contributed by atoms with Crippen molar-refractivity contribution in [2.75, 3.05) is 0 Å². The van der Waals surface area contributed by atoms with Gasteiger partial charge < -0.3 is 0 Å². The Kier molecular flexibility index (Phi) is 1.82. The van der Waals surface area contributed by atoms with Gasteiger partial charge in [0.05, 0.1) is 5.54 Å². The van der Waals surface area contributed by atoms with Crippen molar-refractivity contribution < 1.29 is 0 Å². The molecule has 7 fully saturated rings. The number of hydrogen-bond acceptors (Lipinski definition) is 1. The van der Waals surface area contributed by atoms with Crippen LogP contribution in [0.4, 0.5) is 0 Å². The van der Waals surface area contributed by atoms with Gasteiger partial charge in [0, 0.05) is 0 Å². The molecule has 0 heterocycles. The van der Waals surface area contributed by atoms with E-state index in [0.29, 0.717) is 0 Å². The summed E-state index contributed by atoms with van der Waals surface area (Å²) in [5.74, 6) is 6.60. The van der Waals surface area contributed by atoms with Crippen molar-refractivity contribution in [1.29, 1.82) is 0 Å². The molecule has 94 valence electrons. The Morgan fingerprint density at radius 1 is 0.765 bits per heavy atom. The lowest BCUT2D eigenvalue weighted by Crippen LogP contribution is -2.73. The predicted octanol–water partition coefficient (Wildman–Crippen LogP) is 4.06. The maximum absolute atomic E-state index is 6.36. The first-order valence-corrected chi connectivity index (χ1v) is 7.99. The highest BCUT2D eigenvalue weighted by molar-refractivity contribution is 6.34. The van der Waals surface area contributed by atoms with Crippen LogP contribution in [0.25, 0.3) is 0 Å². The molecule has 0 spiro atoms. The molecule has 0 saturated heterocycles. The summed E-state index contributed by atoms with van der Waals surface area (Å²) in [7, 11) is 0. The molecule has 0 radical (unpaired) electrons. The molecule has 0 aromatic heterocycles. The number of halogens is 2. The largest absolute Gasteiger partial charge is 0.125 e. The van der Waals surface area contributed by atoms with Gasteiger partial charge in [-0.15, -0.1) is 3.94 Å². The lowest BCUT2D eigenvalue weighted by molar-refractivity contribution is -0.235. The van der Waals surface area contributed by atoms with Crippen LogP contribution in [0.15, 0.2) is 0 Å². The monoisotopic (exact) mass is 271 g/mol. The fraction of sp³-hybridized carbons (Fsp3) is 1.00. The van der Waals surface area contributed by atoms with E-state index in [1.54, 1.807) is 3.94 Å². The fourth-order valence-corrected chi connectivity index (χ4v) is 7.86. The zero-order valence-electron chi connectivity index (χ0n) is 9.99. The van der Waals surface area contributed by atoms with Crippen molar-refractivity contribution in [2.45, 2.75) is 44.1 Å². The lowest BCUT2D eigenvalue weighted by Gasteiger charge is -2.74. The molecule has 0 aromatic rings. The lowest BCUT2D eigenvalue weighted by atomic mass is 9.33. The van der Waals surface area contributed by atoms with E-state index in [1.165, 1.54) is 38.5 Å². The molecule has 0 N–H and O–H groups in total. The Morgan fingerprint density at radius 3 is 1.94 bits per heavy atom. The van der Waals surface area contributed by atoms with Crippen LogP contribution in [0.2, 0.25) is 0 Å². The van der Waals surface area contributed by atoms with E-state index >= 15 is 0 Å². The molecule has 7 rings (SSSR count). The van der Waals surface area contributed by atoms with Crippen LogP contribution < -0.4 is 0 Å². The van der Waals surface area contributed by atoms with Crippen LogP contribution in [0.5, 0.6) is 0 Å². The quantitative estimate of drug-likeness (QED) is 0.651. The molecule has 0 aliphatic heterocycles. The minimum atomic E-state index is 0.188. The first-order chi connectivity index (χ1) is 8.20. The number of rotatable bonds is 1. The van der Waals surface area contributed by atoms with Gasteiger partial charge >= 0.3 is 0 Å². The molecule has 7 saturated carbocycles. The highest BCUT2D eigenvalue weighted by atomic mass is 35.5. The third kappa shape index (κ3) is 0.986. The average molecular weight is 272 g/mol. The zero-order chi connectivity index (χ0) is 11.4. The summed E-state index contributed by atoms with van der Waals surface area (Å²) in [4.78, 5) is 0. The minimum absolute atomic E-state index is 0.188. The molecule has 0 amide bonds. The molecule has 3 heteroatoms. The minimum Gasteiger partial charge on any atom is -0.125 e. The van der Waals surface area contributed by atoms with Crippen LogP contribution in [0.1, 0.15) is 38.5 Å². The highest BCUT2D eigenvalue weighted by Gasteiger charge is 2.71. The van der Waals surface area contributed by atoms with E-state index in [0.717, 1.165) is 41.4 Å². The van der Waals surface area contributed by atoms with Gasteiger partial charge in [0.2, 0.25) is 0 Å². The Hall–Kier alpha value is 0.540. The third-order valence-corrected chi connectivity index (χ3v) is 7.97. The fourth-order valence-electron chi connectivity index (χ4n) is 7.23. The van der Waals surface area contributed by atoms with Gasteiger partial charge in [-0.05, 0) is 104 Å². The van der Waals surface area contributed by atoms with Crippen molar-refractivity contribution in [3.8, 4) is 0 Å². The Labute approximate surface area is 113 Å². The maximum atomic E-state index is 6.36. The molecule has 8 bridgehead atoms. The Balaban J connectivity index is 1.71. The summed E-state index contributed by atoms with van der Waals surface area (Å²) < 4.78 is 1.63. The third-order valence-electron chi connectivity index (χ3n) is 7.34.